The highest BCUT2D eigenvalue weighted by Crippen LogP contribution is 2.19. The number of benzene rings is 1. The van der Waals surface area contributed by atoms with Gasteiger partial charge >= 0.3 is 0 Å². The maximum atomic E-state index is 14.0. The summed E-state index contributed by atoms with van der Waals surface area (Å²) in [6.45, 7) is 5.23. The van der Waals surface area contributed by atoms with Gasteiger partial charge in [-0.1, -0.05) is 28.1 Å². The molecule has 1 unspecified atom stereocenters. The third-order valence-electron chi connectivity index (χ3n) is 3.49. The van der Waals surface area contributed by atoms with Crippen LogP contribution in [0.15, 0.2) is 57.0 Å². The highest BCUT2D eigenvalue weighted by molar-refractivity contribution is 9.10. The van der Waals surface area contributed by atoms with Crippen LogP contribution in [0.25, 0.3) is 0 Å². The molecule has 0 saturated heterocycles. The van der Waals surface area contributed by atoms with Crippen LogP contribution >= 0.6 is 27.3 Å². The number of nitrogens with zero attached hydrogens (tertiary/aromatic N) is 1. The lowest BCUT2D eigenvalue weighted by molar-refractivity contribution is -0.132. The third kappa shape index (κ3) is 5.23. The van der Waals surface area contributed by atoms with Crippen LogP contribution in [0.3, 0.4) is 0 Å². The molecule has 1 amide bonds. The first-order valence-corrected chi connectivity index (χ1v) is 10.8. The number of amides is 1. The molecule has 0 aliphatic rings. The van der Waals surface area contributed by atoms with Gasteiger partial charge in [-0.3, -0.25) is 4.79 Å². The Labute approximate surface area is 164 Å². The van der Waals surface area contributed by atoms with Crippen molar-refractivity contribution >= 4 is 43.2 Å². The Hall–Kier alpha value is -1.55. The molecule has 0 spiro atoms. The van der Waals surface area contributed by atoms with Crippen molar-refractivity contribution in [1.29, 1.82) is 0 Å². The second-order valence-electron chi connectivity index (χ2n) is 5.52. The first kappa shape index (κ1) is 20.8. The van der Waals surface area contributed by atoms with Crippen LogP contribution in [-0.4, -0.2) is 31.8 Å². The SMILES string of the molecule is C=CCN(Cc1cc(Br)ccc1F)C(=O)C(C)NS(=O)(=O)c1cccs1. The number of carbonyl (C=O) groups is 1. The zero-order valence-corrected chi connectivity index (χ0v) is 17.2. The van der Waals surface area contributed by atoms with E-state index in [4.69, 9.17) is 0 Å². The number of hydrogen-bond acceptors (Lipinski definition) is 4. The summed E-state index contributed by atoms with van der Waals surface area (Å²) in [6, 6.07) is 6.53. The second-order valence-corrected chi connectivity index (χ2v) is 9.32. The lowest BCUT2D eigenvalue weighted by Crippen LogP contribution is -2.46. The quantitative estimate of drug-likeness (QED) is 0.612. The van der Waals surface area contributed by atoms with Gasteiger partial charge in [0, 0.05) is 23.1 Å². The average molecular weight is 461 g/mol. The predicted molar refractivity (Wildman–Crippen MR) is 104 cm³/mol. The van der Waals surface area contributed by atoms with Gasteiger partial charge in [0.2, 0.25) is 5.91 Å². The van der Waals surface area contributed by atoms with Crippen molar-refractivity contribution in [1.82, 2.24) is 9.62 Å². The van der Waals surface area contributed by atoms with Gasteiger partial charge in [-0.2, -0.15) is 4.72 Å². The molecule has 9 heteroatoms. The fourth-order valence-corrected chi connectivity index (χ4v) is 4.90. The molecule has 0 bridgehead atoms. The summed E-state index contributed by atoms with van der Waals surface area (Å²) in [5.74, 6) is -0.911. The van der Waals surface area contributed by atoms with Crippen molar-refractivity contribution in [3.63, 3.8) is 0 Å². The Morgan fingerprint density at radius 1 is 1.46 bits per heavy atom. The van der Waals surface area contributed by atoms with Gasteiger partial charge in [-0.05, 0) is 36.6 Å². The summed E-state index contributed by atoms with van der Waals surface area (Å²) in [5.41, 5.74) is 0.322. The summed E-state index contributed by atoms with van der Waals surface area (Å²) in [5, 5.41) is 1.64. The van der Waals surface area contributed by atoms with Gasteiger partial charge in [-0.25, -0.2) is 12.8 Å². The van der Waals surface area contributed by atoms with E-state index in [9.17, 15) is 17.6 Å². The lowest BCUT2D eigenvalue weighted by Gasteiger charge is -2.25. The van der Waals surface area contributed by atoms with E-state index < -0.39 is 27.8 Å². The summed E-state index contributed by atoms with van der Waals surface area (Å²) in [7, 11) is -3.78. The van der Waals surface area contributed by atoms with Crippen LogP contribution in [0.4, 0.5) is 4.39 Å². The number of carbonyl (C=O) groups excluding carboxylic acids is 1. The van der Waals surface area contributed by atoms with Crippen LogP contribution in [0.1, 0.15) is 12.5 Å². The Morgan fingerprint density at radius 3 is 2.81 bits per heavy atom. The monoisotopic (exact) mass is 460 g/mol. The van der Waals surface area contributed by atoms with Crippen LogP contribution in [0, 0.1) is 5.82 Å². The molecule has 1 heterocycles. The second kappa shape index (κ2) is 8.90. The molecule has 1 N–H and O–H groups in total. The van der Waals surface area contributed by atoms with E-state index in [-0.39, 0.29) is 17.3 Å². The van der Waals surface area contributed by atoms with Gasteiger partial charge in [0.1, 0.15) is 10.0 Å². The molecule has 5 nitrogen and oxygen atoms in total. The van der Waals surface area contributed by atoms with Crippen molar-refractivity contribution in [3.8, 4) is 0 Å². The first-order valence-electron chi connectivity index (χ1n) is 7.64. The average Bonchev–Trinajstić information content (AvgIpc) is 3.12. The first-order chi connectivity index (χ1) is 12.2. The number of halogens is 2. The van der Waals surface area contributed by atoms with E-state index in [2.05, 4.69) is 27.2 Å². The Morgan fingerprint density at radius 2 is 2.19 bits per heavy atom. The summed E-state index contributed by atoms with van der Waals surface area (Å²) >= 11 is 4.33. The van der Waals surface area contributed by atoms with E-state index in [0.717, 1.165) is 11.3 Å². The number of rotatable bonds is 8. The molecule has 2 aromatic rings. The van der Waals surface area contributed by atoms with Crippen LogP contribution in [0.5, 0.6) is 0 Å². The molecule has 26 heavy (non-hydrogen) atoms. The molecular weight excluding hydrogens is 443 g/mol. The van der Waals surface area contributed by atoms with Crippen molar-refractivity contribution in [2.45, 2.75) is 23.7 Å². The minimum absolute atomic E-state index is 0.00119. The normalized spacial score (nSPS) is 12.6. The van der Waals surface area contributed by atoms with Crippen molar-refractivity contribution in [2.24, 2.45) is 0 Å². The van der Waals surface area contributed by atoms with Crippen LogP contribution < -0.4 is 4.72 Å². The minimum Gasteiger partial charge on any atom is -0.333 e. The standard InChI is InChI=1S/C17H18BrFN2O3S2/c1-3-8-21(11-13-10-14(18)6-7-15(13)19)17(22)12(2)20-26(23,24)16-5-4-9-25-16/h3-7,9-10,12,20H,1,8,11H2,2H3. The summed E-state index contributed by atoms with van der Waals surface area (Å²) in [4.78, 5) is 14.0. The fraction of sp³-hybridized carbons (Fsp3) is 0.235. The number of thiophene rings is 1. The molecule has 0 fully saturated rings. The molecule has 2 rings (SSSR count). The molecule has 140 valence electrons. The fourth-order valence-electron chi connectivity index (χ4n) is 2.29. The van der Waals surface area contributed by atoms with E-state index in [1.54, 1.807) is 23.6 Å². The molecule has 1 aromatic heterocycles. The van der Waals surface area contributed by atoms with Crippen molar-refractivity contribution in [2.75, 3.05) is 6.54 Å². The molecular formula is C17H18BrFN2O3S2. The molecule has 0 radical (unpaired) electrons. The van der Waals surface area contributed by atoms with Crippen molar-refractivity contribution < 1.29 is 17.6 Å². The largest absolute Gasteiger partial charge is 0.333 e. The lowest BCUT2D eigenvalue weighted by atomic mass is 10.2. The molecule has 0 aliphatic carbocycles. The zero-order valence-electron chi connectivity index (χ0n) is 14.0. The Kier molecular flexibility index (Phi) is 7.10. The van der Waals surface area contributed by atoms with Gasteiger partial charge in [-0.15, -0.1) is 17.9 Å². The molecule has 1 aromatic carbocycles. The predicted octanol–water partition coefficient (Wildman–Crippen LogP) is 3.53. The number of nitrogens with one attached hydrogen (secondary N) is 1. The van der Waals surface area contributed by atoms with Gasteiger partial charge < -0.3 is 4.90 Å². The maximum Gasteiger partial charge on any atom is 0.250 e. The molecule has 0 saturated carbocycles. The highest BCUT2D eigenvalue weighted by atomic mass is 79.9. The Bertz CT molecular complexity index is 885. The number of hydrogen-bond donors (Lipinski definition) is 1. The van der Waals surface area contributed by atoms with Crippen LogP contribution in [0.2, 0.25) is 0 Å². The van der Waals surface area contributed by atoms with Gasteiger partial charge in [0.05, 0.1) is 6.04 Å². The molecule has 0 aliphatic heterocycles. The smallest absolute Gasteiger partial charge is 0.250 e. The van der Waals surface area contributed by atoms with Gasteiger partial charge in [0.15, 0.2) is 0 Å². The van der Waals surface area contributed by atoms with Crippen molar-refractivity contribution in [3.05, 3.63) is 64.2 Å². The topological polar surface area (TPSA) is 66.5 Å². The minimum atomic E-state index is -3.78. The number of sulfonamides is 1. The Balaban J connectivity index is 2.16. The highest BCUT2D eigenvalue weighted by Gasteiger charge is 2.26. The zero-order chi connectivity index (χ0) is 19.3. The summed E-state index contributed by atoms with van der Waals surface area (Å²) in [6.07, 6.45) is 1.51. The van der Waals surface area contributed by atoms with Gasteiger partial charge in [0.25, 0.3) is 10.0 Å². The van der Waals surface area contributed by atoms with E-state index >= 15 is 0 Å². The van der Waals surface area contributed by atoms with E-state index in [1.807, 2.05) is 0 Å². The maximum absolute atomic E-state index is 14.0. The molecule has 1 atom stereocenters. The van der Waals surface area contributed by atoms with Crippen LogP contribution in [-0.2, 0) is 21.4 Å². The third-order valence-corrected chi connectivity index (χ3v) is 6.92. The van der Waals surface area contributed by atoms with E-state index in [1.165, 1.54) is 30.0 Å². The van der Waals surface area contributed by atoms with E-state index in [0.29, 0.717) is 10.0 Å². The summed E-state index contributed by atoms with van der Waals surface area (Å²) < 4.78 is 41.8.